The Labute approximate surface area is 137 Å². The molecule has 2 aromatic rings. The standard InChI is InChI=1S/C15H17BrN2S2/c1-10-6-11(2)8-12(7-10)17-15(19)18(3)9-13-4-5-14(16)20-13/h4-8H,9H2,1-3H3,(H,17,19). The lowest BCUT2D eigenvalue weighted by atomic mass is 10.1. The largest absolute Gasteiger partial charge is 0.347 e. The summed E-state index contributed by atoms with van der Waals surface area (Å²) in [6.45, 7) is 5.00. The van der Waals surface area contributed by atoms with E-state index in [-0.39, 0.29) is 0 Å². The summed E-state index contributed by atoms with van der Waals surface area (Å²) in [6.07, 6.45) is 0. The van der Waals surface area contributed by atoms with E-state index in [1.807, 2.05) is 11.9 Å². The maximum absolute atomic E-state index is 5.46. The maximum Gasteiger partial charge on any atom is 0.173 e. The summed E-state index contributed by atoms with van der Waals surface area (Å²) in [4.78, 5) is 3.33. The smallest absolute Gasteiger partial charge is 0.173 e. The van der Waals surface area contributed by atoms with Crippen molar-refractivity contribution >= 4 is 50.3 Å². The van der Waals surface area contributed by atoms with Crippen molar-refractivity contribution in [3.63, 3.8) is 0 Å². The molecule has 0 radical (unpaired) electrons. The van der Waals surface area contributed by atoms with Crippen molar-refractivity contribution in [2.24, 2.45) is 0 Å². The van der Waals surface area contributed by atoms with Gasteiger partial charge in [-0.2, -0.15) is 0 Å². The number of benzene rings is 1. The first-order valence-corrected chi connectivity index (χ1v) is 8.30. The SMILES string of the molecule is Cc1cc(C)cc(NC(=S)N(C)Cc2ccc(Br)s2)c1. The van der Waals surface area contributed by atoms with Crippen LogP contribution in [-0.4, -0.2) is 17.1 Å². The van der Waals surface area contributed by atoms with Gasteiger partial charge in [-0.25, -0.2) is 0 Å². The normalized spacial score (nSPS) is 10.4. The first-order chi connectivity index (χ1) is 9.44. The highest BCUT2D eigenvalue weighted by atomic mass is 79.9. The lowest BCUT2D eigenvalue weighted by Gasteiger charge is -2.20. The van der Waals surface area contributed by atoms with E-state index in [4.69, 9.17) is 12.2 Å². The third-order valence-corrected chi connectivity index (χ3v) is 4.86. The van der Waals surface area contributed by atoms with Crippen LogP contribution in [0.1, 0.15) is 16.0 Å². The second-order valence-corrected chi connectivity index (χ2v) is 7.80. The lowest BCUT2D eigenvalue weighted by molar-refractivity contribution is 0.514. The molecular weight excluding hydrogens is 352 g/mol. The molecule has 1 aromatic carbocycles. The number of hydrogen-bond donors (Lipinski definition) is 1. The molecule has 2 rings (SSSR count). The van der Waals surface area contributed by atoms with Crippen LogP contribution in [0.15, 0.2) is 34.1 Å². The Balaban J connectivity index is 2.00. The van der Waals surface area contributed by atoms with Gasteiger partial charge in [-0.05, 0) is 77.4 Å². The van der Waals surface area contributed by atoms with E-state index in [1.54, 1.807) is 11.3 Å². The van der Waals surface area contributed by atoms with Crippen LogP contribution in [0.25, 0.3) is 0 Å². The van der Waals surface area contributed by atoms with Crippen molar-refractivity contribution < 1.29 is 0 Å². The average molecular weight is 369 g/mol. The molecule has 0 fully saturated rings. The Kier molecular flexibility index (Phi) is 5.18. The number of anilines is 1. The van der Waals surface area contributed by atoms with Crippen molar-refractivity contribution in [1.29, 1.82) is 0 Å². The van der Waals surface area contributed by atoms with Crippen LogP contribution < -0.4 is 5.32 Å². The molecule has 1 N–H and O–H groups in total. The van der Waals surface area contributed by atoms with Crippen molar-refractivity contribution in [3.05, 3.63) is 50.1 Å². The summed E-state index contributed by atoms with van der Waals surface area (Å²) in [5, 5.41) is 4.04. The van der Waals surface area contributed by atoms with Crippen LogP contribution in [0.4, 0.5) is 5.69 Å². The highest BCUT2D eigenvalue weighted by Crippen LogP contribution is 2.23. The van der Waals surface area contributed by atoms with Gasteiger partial charge in [-0.15, -0.1) is 11.3 Å². The minimum Gasteiger partial charge on any atom is -0.347 e. The van der Waals surface area contributed by atoms with Crippen LogP contribution in [0.5, 0.6) is 0 Å². The number of thiophene rings is 1. The van der Waals surface area contributed by atoms with Gasteiger partial charge in [0.15, 0.2) is 5.11 Å². The molecule has 5 heteroatoms. The van der Waals surface area contributed by atoms with E-state index in [0.29, 0.717) is 0 Å². The van der Waals surface area contributed by atoms with E-state index < -0.39 is 0 Å². The third-order valence-electron chi connectivity index (χ3n) is 2.84. The Morgan fingerprint density at radius 1 is 1.25 bits per heavy atom. The molecule has 1 heterocycles. The number of hydrogen-bond acceptors (Lipinski definition) is 2. The maximum atomic E-state index is 5.46. The van der Waals surface area contributed by atoms with E-state index in [9.17, 15) is 0 Å². The molecule has 0 aliphatic rings. The minimum absolute atomic E-state index is 0.736. The van der Waals surface area contributed by atoms with Crippen molar-refractivity contribution in [3.8, 4) is 0 Å². The number of thiocarbonyl (C=S) groups is 1. The van der Waals surface area contributed by atoms with Gasteiger partial charge in [-0.1, -0.05) is 6.07 Å². The molecule has 0 aliphatic heterocycles. The lowest BCUT2D eigenvalue weighted by Crippen LogP contribution is -2.30. The first-order valence-electron chi connectivity index (χ1n) is 6.28. The van der Waals surface area contributed by atoms with Crippen LogP contribution >= 0.6 is 39.5 Å². The topological polar surface area (TPSA) is 15.3 Å². The van der Waals surface area contributed by atoms with Crippen molar-refractivity contribution in [2.75, 3.05) is 12.4 Å². The van der Waals surface area contributed by atoms with Gasteiger partial charge in [0.1, 0.15) is 0 Å². The van der Waals surface area contributed by atoms with Crippen LogP contribution in [0.3, 0.4) is 0 Å². The third kappa shape index (κ3) is 4.30. The van der Waals surface area contributed by atoms with Crippen molar-refractivity contribution in [2.45, 2.75) is 20.4 Å². The number of nitrogens with zero attached hydrogens (tertiary/aromatic N) is 1. The molecule has 0 bridgehead atoms. The fourth-order valence-corrected chi connectivity index (χ4v) is 3.73. The molecular formula is C15H17BrN2S2. The summed E-state index contributed by atoms with van der Waals surface area (Å²) in [7, 11) is 2.01. The average Bonchev–Trinajstić information content (AvgIpc) is 2.73. The highest BCUT2D eigenvalue weighted by Gasteiger charge is 2.07. The predicted molar refractivity (Wildman–Crippen MR) is 95.6 cm³/mol. The molecule has 2 nitrogen and oxygen atoms in total. The second-order valence-electron chi connectivity index (χ2n) is 4.87. The zero-order valence-corrected chi connectivity index (χ0v) is 15.0. The molecule has 0 saturated heterocycles. The van der Waals surface area contributed by atoms with Crippen LogP contribution in [0, 0.1) is 13.8 Å². The molecule has 106 valence electrons. The quantitative estimate of drug-likeness (QED) is 0.770. The van der Waals surface area contributed by atoms with Gasteiger partial charge in [0.05, 0.1) is 10.3 Å². The van der Waals surface area contributed by atoms with Gasteiger partial charge in [-0.3, -0.25) is 0 Å². The minimum atomic E-state index is 0.736. The Morgan fingerprint density at radius 3 is 2.45 bits per heavy atom. The summed E-state index contributed by atoms with van der Waals surface area (Å²) in [5.74, 6) is 0. The highest BCUT2D eigenvalue weighted by molar-refractivity contribution is 9.11. The molecule has 20 heavy (non-hydrogen) atoms. The summed E-state index contributed by atoms with van der Waals surface area (Å²) >= 11 is 10.7. The Hall–Kier alpha value is -0.910. The fourth-order valence-electron chi connectivity index (χ4n) is 2.01. The van der Waals surface area contributed by atoms with E-state index in [2.05, 4.69) is 65.4 Å². The van der Waals surface area contributed by atoms with E-state index in [0.717, 1.165) is 21.1 Å². The van der Waals surface area contributed by atoms with Gasteiger partial charge in [0.2, 0.25) is 0 Å². The zero-order valence-electron chi connectivity index (χ0n) is 11.7. The number of halogens is 1. The Morgan fingerprint density at radius 2 is 1.90 bits per heavy atom. The molecule has 0 spiro atoms. The van der Waals surface area contributed by atoms with Gasteiger partial charge in [0.25, 0.3) is 0 Å². The first kappa shape index (κ1) is 15.5. The molecule has 1 aromatic heterocycles. The Bertz CT molecular complexity index is 602. The van der Waals surface area contributed by atoms with Gasteiger partial charge >= 0.3 is 0 Å². The molecule has 0 unspecified atom stereocenters. The van der Waals surface area contributed by atoms with Crippen molar-refractivity contribution in [1.82, 2.24) is 4.90 Å². The van der Waals surface area contributed by atoms with E-state index in [1.165, 1.54) is 16.0 Å². The number of nitrogens with one attached hydrogen (secondary N) is 1. The van der Waals surface area contributed by atoms with E-state index >= 15 is 0 Å². The number of aryl methyl sites for hydroxylation is 2. The summed E-state index contributed by atoms with van der Waals surface area (Å²) in [6, 6.07) is 10.5. The zero-order chi connectivity index (χ0) is 14.7. The predicted octanol–water partition coefficient (Wildman–Crippen LogP) is 4.96. The van der Waals surface area contributed by atoms with Crippen LogP contribution in [-0.2, 0) is 6.54 Å². The number of rotatable bonds is 3. The summed E-state index contributed by atoms with van der Waals surface area (Å²) in [5.41, 5.74) is 3.52. The molecule has 0 atom stereocenters. The van der Waals surface area contributed by atoms with Crippen LogP contribution in [0.2, 0.25) is 0 Å². The monoisotopic (exact) mass is 368 g/mol. The van der Waals surface area contributed by atoms with Gasteiger partial charge in [0, 0.05) is 17.6 Å². The molecule has 0 amide bonds. The summed E-state index contributed by atoms with van der Waals surface area (Å²) < 4.78 is 1.15. The fraction of sp³-hybridized carbons (Fsp3) is 0.267. The molecule has 0 aliphatic carbocycles. The van der Waals surface area contributed by atoms with Gasteiger partial charge < -0.3 is 10.2 Å². The second kappa shape index (κ2) is 6.70. The molecule has 0 saturated carbocycles.